The fourth-order valence-corrected chi connectivity index (χ4v) is 1.83. The van der Waals surface area contributed by atoms with Crippen LogP contribution >= 0.6 is 0 Å². The second kappa shape index (κ2) is 4.25. The van der Waals surface area contributed by atoms with Crippen molar-refractivity contribution in [2.24, 2.45) is 0 Å². The lowest BCUT2D eigenvalue weighted by atomic mass is 10.3. The summed E-state index contributed by atoms with van der Waals surface area (Å²) in [5.74, 6) is 0. The van der Waals surface area contributed by atoms with Gasteiger partial charge in [0.25, 0.3) is 6.33 Å². The molecule has 4 heteroatoms. The summed E-state index contributed by atoms with van der Waals surface area (Å²) in [4.78, 5) is 3.03. The maximum Gasteiger partial charge on any atom is 0.252 e. The fraction of sp³-hybridized carbons (Fsp3) is 0.0769. The lowest BCUT2D eigenvalue weighted by Crippen LogP contribution is -2.49. The number of para-hydroxylation sites is 1. The Morgan fingerprint density at radius 3 is 2.71 bits per heavy atom. The summed E-state index contributed by atoms with van der Waals surface area (Å²) in [7, 11) is 0. The van der Waals surface area contributed by atoms with Crippen molar-refractivity contribution in [2.45, 2.75) is 6.67 Å². The highest BCUT2D eigenvalue weighted by Crippen LogP contribution is 2.03. The van der Waals surface area contributed by atoms with Gasteiger partial charge in [0, 0.05) is 0 Å². The zero-order valence-corrected chi connectivity index (χ0v) is 9.40. The number of aromatic amines is 1. The van der Waals surface area contributed by atoms with E-state index in [0.29, 0.717) is 0 Å². The van der Waals surface area contributed by atoms with E-state index in [1.54, 1.807) is 0 Å². The van der Waals surface area contributed by atoms with Gasteiger partial charge >= 0.3 is 0 Å². The van der Waals surface area contributed by atoms with Crippen LogP contribution in [-0.4, -0.2) is 9.55 Å². The van der Waals surface area contributed by atoms with E-state index in [1.807, 2.05) is 36.9 Å². The second-order valence-electron chi connectivity index (χ2n) is 3.94. The molecule has 0 saturated carbocycles. The fourth-order valence-electron chi connectivity index (χ4n) is 1.83. The van der Waals surface area contributed by atoms with E-state index >= 15 is 0 Å². The van der Waals surface area contributed by atoms with Crippen molar-refractivity contribution < 1.29 is 9.13 Å². The van der Waals surface area contributed by atoms with Crippen molar-refractivity contribution in [3.05, 3.63) is 67.8 Å². The largest absolute Gasteiger partial charge is 0.252 e. The molecule has 0 atom stereocenters. The summed E-state index contributed by atoms with van der Waals surface area (Å²) in [6.07, 6.45) is 12.1. The highest BCUT2D eigenvalue weighted by atomic mass is 15.2. The molecule has 0 aliphatic rings. The maximum absolute atomic E-state index is 3.03. The first-order chi connectivity index (χ1) is 8.42. The Balaban J connectivity index is 1.84. The van der Waals surface area contributed by atoms with E-state index in [2.05, 4.69) is 49.5 Å². The molecule has 17 heavy (non-hydrogen) atoms. The monoisotopic (exact) mass is 226 g/mol. The van der Waals surface area contributed by atoms with Crippen LogP contribution in [0.25, 0.3) is 5.69 Å². The zero-order valence-electron chi connectivity index (χ0n) is 9.40. The van der Waals surface area contributed by atoms with Gasteiger partial charge in [-0.25, -0.2) is 4.57 Å². The summed E-state index contributed by atoms with van der Waals surface area (Å²) in [6.45, 7) is 0.809. The number of H-pyrrole nitrogens is 1. The third-order valence-corrected chi connectivity index (χ3v) is 2.67. The van der Waals surface area contributed by atoms with Gasteiger partial charge in [0.1, 0.15) is 30.5 Å². The van der Waals surface area contributed by atoms with Gasteiger partial charge in [0.15, 0.2) is 0 Å². The van der Waals surface area contributed by atoms with E-state index in [4.69, 9.17) is 0 Å². The molecule has 1 N–H and O–H groups in total. The molecule has 84 valence electrons. The first kappa shape index (κ1) is 9.84. The number of benzene rings is 1. The Labute approximate surface area is 99.4 Å². The highest BCUT2D eigenvalue weighted by molar-refractivity contribution is 5.30. The molecule has 0 aliphatic heterocycles. The quantitative estimate of drug-likeness (QED) is 0.643. The number of nitrogens with one attached hydrogen (secondary N) is 1. The molecule has 4 nitrogen and oxygen atoms in total. The van der Waals surface area contributed by atoms with Crippen molar-refractivity contribution in [3.63, 3.8) is 0 Å². The van der Waals surface area contributed by atoms with E-state index in [0.717, 1.165) is 6.67 Å². The lowest BCUT2D eigenvalue weighted by molar-refractivity contribution is -0.912. The lowest BCUT2D eigenvalue weighted by Gasteiger charge is -1.93. The van der Waals surface area contributed by atoms with Gasteiger partial charge in [-0.2, -0.15) is 9.13 Å². The van der Waals surface area contributed by atoms with Gasteiger partial charge in [-0.05, 0) is 12.1 Å². The number of nitrogens with zero attached hydrogens (tertiary/aromatic N) is 3. The van der Waals surface area contributed by atoms with Crippen LogP contribution in [0.15, 0.2) is 67.8 Å². The summed E-state index contributed by atoms with van der Waals surface area (Å²) >= 11 is 0. The number of rotatable bonds is 3. The Kier molecular flexibility index (Phi) is 2.46. The van der Waals surface area contributed by atoms with Crippen molar-refractivity contribution in [1.29, 1.82) is 0 Å². The molecule has 2 heterocycles. The minimum absolute atomic E-state index is 0.809. The molecule has 0 aliphatic carbocycles. The molecular formula is C13H14N4+2. The van der Waals surface area contributed by atoms with Crippen molar-refractivity contribution in [2.75, 3.05) is 0 Å². The number of hydrogen-bond acceptors (Lipinski definition) is 0. The smallest absolute Gasteiger partial charge is 0.250 e. The number of hydrogen-bond donors (Lipinski definition) is 1. The van der Waals surface area contributed by atoms with Gasteiger partial charge in [-0.1, -0.05) is 18.2 Å². The topological polar surface area (TPSA) is 28.5 Å². The first-order valence-corrected chi connectivity index (χ1v) is 5.56. The van der Waals surface area contributed by atoms with E-state index in [1.165, 1.54) is 5.69 Å². The minimum Gasteiger partial charge on any atom is -0.250 e. The molecule has 0 spiro atoms. The third-order valence-electron chi connectivity index (χ3n) is 2.67. The molecule has 3 aromatic rings. The van der Waals surface area contributed by atoms with E-state index in [9.17, 15) is 0 Å². The average Bonchev–Trinajstić information content (AvgIpc) is 3.02. The number of aromatic nitrogens is 4. The van der Waals surface area contributed by atoms with Crippen molar-refractivity contribution in [3.8, 4) is 5.69 Å². The van der Waals surface area contributed by atoms with Crippen LogP contribution in [-0.2, 0) is 6.67 Å². The molecule has 0 bridgehead atoms. The maximum atomic E-state index is 3.03. The summed E-state index contributed by atoms with van der Waals surface area (Å²) < 4.78 is 6.31. The molecule has 3 rings (SSSR count). The van der Waals surface area contributed by atoms with Crippen molar-refractivity contribution >= 4 is 0 Å². The number of imidazole rings is 2. The predicted octanol–water partition coefficient (Wildman–Crippen LogP) is 0.886. The van der Waals surface area contributed by atoms with Crippen LogP contribution in [0.1, 0.15) is 0 Å². The normalized spacial score (nSPS) is 10.6. The third kappa shape index (κ3) is 2.10. The highest BCUT2D eigenvalue weighted by Gasteiger charge is 2.07. The molecule has 0 saturated heterocycles. The standard InChI is InChI=1S/C13H13N4/c1-2-4-13(5-3-1)17-9-8-16(12-17)11-15-7-6-14-10-15/h1-10,12H,11H2/q+1/p+1. The van der Waals surface area contributed by atoms with Crippen LogP contribution in [0.2, 0.25) is 0 Å². The van der Waals surface area contributed by atoms with Gasteiger partial charge in [-0.3, -0.25) is 4.98 Å². The summed E-state index contributed by atoms with van der Waals surface area (Å²) in [5.41, 5.74) is 1.17. The molecule has 1 aromatic carbocycles. The minimum atomic E-state index is 0.809. The molecule has 0 radical (unpaired) electrons. The van der Waals surface area contributed by atoms with Gasteiger partial charge in [-0.15, -0.1) is 0 Å². The Bertz CT molecular complexity index is 581. The van der Waals surface area contributed by atoms with E-state index < -0.39 is 0 Å². The average molecular weight is 226 g/mol. The SMILES string of the molecule is c1ccc(-n2cc[n+](C[n+]3cc[nH]c3)c2)cc1. The van der Waals surface area contributed by atoms with Crippen LogP contribution in [0.4, 0.5) is 0 Å². The van der Waals surface area contributed by atoms with Crippen molar-refractivity contribution in [1.82, 2.24) is 9.55 Å². The molecule has 2 aromatic heterocycles. The van der Waals surface area contributed by atoms with Gasteiger partial charge in [0.05, 0.1) is 0 Å². The predicted molar refractivity (Wildman–Crippen MR) is 62.3 cm³/mol. The molecule has 0 unspecified atom stereocenters. The van der Waals surface area contributed by atoms with Crippen LogP contribution < -0.4 is 9.13 Å². The molecular weight excluding hydrogens is 212 g/mol. The Morgan fingerprint density at radius 1 is 1.06 bits per heavy atom. The van der Waals surface area contributed by atoms with Gasteiger partial charge in [0.2, 0.25) is 13.0 Å². The zero-order chi connectivity index (χ0) is 11.5. The van der Waals surface area contributed by atoms with Crippen LogP contribution in [0.5, 0.6) is 0 Å². The summed E-state index contributed by atoms with van der Waals surface area (Å²) in [5, 5.41) is 0. The first-order valence-electron chi connectivity index (χ1n) is 5.56. The second-order valence-corrected chi connectivity index (χ2v) is 3.94. The van der Waals surface area contributed by atoms with Crippen LogP contribution in [0.3, 0.4) is 0 Å². The molecule has 0 amide bonds. The molecule has 0 fully saturated rings. The summed E-state index contributed by atoms with van der Waals surface area (Å²) in [6, 6.07) is 10.3. The van der Waals surface area contributed by atoms with Gasteiger partial charge < -0.3 is 0 Å². The van der Waals surface area contributed by atoms with E-state index in [-0.39, 0.29) is 0 Å². The Morgan fingerprint density at radius 2 is 1.94 bits per heavy atom. The van der Waals surface area contributed by atoms with Crippen LogP contribution in [0, 0.1) is 0 Å². The Hall–Kier alpha value is -2.36.